The molecule has 4 saturated carbocycles. The minimum absolute atomic E-state index is 1.07. The predicted molar refractivity (Wildman–Crippen MR) is 132 cm³/mol. The van der Waals surface area contributed by atoms with E-state index in [1.54, 1.807) is 77.0 Å². The lowest BCUT2D eigenvalue weighted by atomic mass is 9.99. The molecule has 156 valence electrons. The van der Waals surface area contributed by atoms with E-state index in [4.69, 9.17) is 0 Å². The van der Waals surface area contributed by atoms with E-state index in [-0.39, 0.29) is 0 Å². The Balaban J connectivity index is 1.09. The van der Waals surface area contributed by atoms with Crippen LogP contribution in [-0.4, -0.2) is 31.5 Å². The summed E-state index contributed by atoms with van der Waals surface area (Å²) in [6.45, 7) is 0. The number of thiol groups is 3. The highest BCUT2D eigenvalue weighted by molar-refractivity contribution is 7.80. The molecular weight excluding hydrogens is 384 g/mol. The molecule has 4 aliphatic carbocycles. The predicted octanol–water partition coefficient (Wildman–Crippen LogP) is 5.72. The van der Waals surface area contributed by atoms with Crippen LogP contribution in [0.4, 0.5) is 0 Å². The Hall–Kier alpha value is 1.05. The van der Waals surface area contributed by atoms with Crippen LogP contribution in [0.2, 0.25) is 0 Å². The first-order valence-corrected chi connectivity index (χ1v) is 15.5. The van der Waals surface area contributed by atoms with Crippen molar-refractivity contribution in [3.63, 3.8) is 0 Å². The second kappa shape index (κ2) is 11.4. The molecule has 0 aromatic heterocycles. The molecule has 4 fully saturated rings. The average molecular weight is 430 g/mol. The molecule has 27 heavy (non-hydrogen) atoms. The fourth-order valence-corrected chi connectivity index (χ4v) is 11.6. The maximum absolute atomic E-state index is 1.88. The third-order valence-corrected chi connectivity index (χ3v) is 13.4. The minimum Gasteiger partial charge on any atom is -0.0529 e. The molecule has 0 aromatic carbocycles. The first-order valence-electron chi connectivity index (χ1n) is 12.4. The summed E-state index contributed by atoms with van der Waals surface area (Å²) in [5.41, 5.74) is 0. The molecule has 0 amide bonds. The molecule has 0 nitrogen and oxygen atoms in total. The molecule has 4 rings (SSSR count). The van der Waals surface area contributed by atoms with Crippen LogP contribution in [0.3, 0.4) is 0 Å². The largest absolute Gasteiger partial charge is 0.116 e. The van der Waals surface area contributed by atoms with Crippen LogP contribution in [0.25, 0.3) is 0 Å². The lowest BCUT2D eigenvalue weighted by Crippen LogP contribution is -2.34. The van der Waals surface area contributed by atoms with Crippen molar-refractivity contribution in [1.29, 1.82) is 0 Å². The number of hydrogen-bond acceptors (Lipinski definition) is 0. The third kappa shape index (κ3) is 7.06. The summed E-state index contributed by atoms with van der Waals surface area (Å²) in [5, 5.41) is 6.45. The van der Waals surface area contributed by atoms with Gasteiger partial charge in [0.05, 0.1) is 0 Å². The zero-order valence-electron chi connectivity index (χ0n) is 17.5. The Morgan fingerprint density at radius 3 is 0.741 bits per heavy atom. The van der Waals surface area contributed by atoms with Crippen molar-refractivity contribution in [3.05, 3.63) is 0 Å². The van der Waals surface area contributed by atoms with Gasteiger partial charge in [-0.05, 0) is 138 Å². The van der Waals surface area contributed by atoms with Crippen LogP contribution in [-0.2, 0) is 35.3 Å². The molecule has 3 heteroatoms. The maximum atomic E-state index is 1.88. The lowest BCUT2D eigenvalue weighted by molar-refractivity contribution is 0.487. The molecule has 0 unspecified atom stereocenters. The molecule has 0 radical (unpaired) electrons. The smallest absolute Gasteiger partial charge is 0.0529 e. The summed E-state index contributed by atoms with van der Waals surface area (Å²) in [5.74, 6) is 0. The summed E-state index contributed by atoms with van der Waals surface area (Å²) in [4.78, 5) is 0. The molecule has 0 heterocycles. The highest BCUT2D eigenvalue weighted by atomic mass is 32.2. The standard InChI is InChI=1S/C24H42S3/c1-3-7-19(8-4-1)25-21-11-15-23(16-12-21)27-24-17-13-22(14-18-24)26-20-9-5-2-6-10-20/h19-24H,1-18H2/p+3. The average Bonchev–Trinajstić information content (AvgIpc) is 2.73. The van der Waals surface area contributed by atoms with Crippen LogP contribution in [0.5, 0.6) is 0 Å². The first-order chi connectivity index (χ1) is 13.3. The second-order valence-corrected chi connectivity index (χ2v) is 15.2. The molecule has 0 aliphatic heterocycles. The molecule has 0 saturated heterocycles. The zero-order valence-corrected chi connectivity index (χ0v) is 20.2. The normalized spacial score (nSPS) is 37.3. The van der Waals surface area contributed by atoms with Crippen LogP contribution in [0.1, 0.15) is 116 Å². The van der Waals surface area contributed by atoms with Gasteiger partial charge in [0.15, 0.2) is 0 Å². The van der Waals surface area contributed by atoms with E-state index in [9.17, 15) is 0 Å². The minimum atomic E-state index is 1.07. The number of rotatable bonds is 6. The maximum Gasteiger partial charge on any atom is 0.116 e. The van der Waals surface area contributed by atoms with Crippen molar-refractivity contribution < 1.29 is 0 Å². The quantitative estimate of drug-likeness (QED) is 0.374. The van der Waals surface area contributed by atoms with Gasteiger partial charge in [0.1, 0.15) is 31.5 Å². The molecular formula is C24H45S3+3. The molecule has 4 aliphatic rings. The van der Waals surface area contributed by atoms with Crippen molar-refractivity contribution in [2.24, 2.45) is 0 Å². The Morgan fingerprint density at radius 2 is 0.481 bits per heavy atom. The molecule has 0 N–H and O–H groups in total. The Kier molecular flexibility index (Phi) is 9.02. The van der Waals surface area contributed by atoms with Gasteiger partial charge in [0.2, 0.25) is 0 Å². The summed E-state index contributed by atoms with van der Waals surface area (Å²) in [6.07, 6.45) is 27.8. The van der Waals surface area contributed by atoms with E-state index in [0.717, 1.165) is 31.5 Å². The summed E-state index contributed by atoms with van der Waals surface area (Å²) < 4.78 is 0. The fourth-order valence-electron chi connectivity index (χ4n) is 6.07. The Bertz CT molecular complexity index is 360. The highest BCUT2D eigenvalue weighted by Crippen LogP contribution is 2.33. The van der Waals surface area contributed by atoms with Gasteiger partial charge in [-0.2, -0.15) is 0 Å². The Labute approximate surface area is 181 Å². The van der Waals surface area contributed by atoms with E-state index in [1.807, 2.05) is 35.3 Å². The molecule has 0 atom stereocenters. The van der Waals surface area contributed by atoms with Gasteiger partial charge in [-0.1, -0.05) is 12.8 Å². The topological polar surface area (TPSA) is 0 Å². The first kappa shape index (κ1) is 21.3. The zero-order chi connectivity index (χ0) is 18.3. The summed E-state index contributed by atoms with van der Waals surface area (Å²) in [7, 11) is 0. The molecule has 0 aromatic rings. The van der Waals surface area contributed by atoms with E-state index in [1.165, 1.54) is 38.5 Å². The SMILES string of the molecule is C1CCC([SH+]C2CCC([SH+]C3CCC([SH+]C4CCCCC4)CC3)CC2)CC1. The van der Waals surface area contributed by atoms with E-state index >= 15 is 0 Å². The summed E-state index contributed by atoms with van der Waals surface area (Å²) in [6, 6.07) is 0. The van der Waals surface area contributed by atoms with Crippen molar-refractivity contribution >= 4 is 35.3 Å². The summed E-state index contributed by atoms with van der Waals surface area (Å²) >= 11 is 5.60. The lowest BCUT2D eigenvalue weighted by Gasteiger charge is -2.28. The Morgan fingerprint density at radius 1 is 0.259 bits per heavy atom. The highest BCUT2D eigenvalue weighted by Gasteiger charge is 2.38. The van der Waals surface area contributed by atoms with E-state index in [0.29, 0.717) is 0 Å². The van der Waals surface area contributed by atoms with Gasteiger partial charge in [-0.3, -0.25) is 0 Å². The van der Waals surface area contributed by atoms with Crippen molar-refractivity contribution in [2.75, 3.05) is 0 Å². The third-order valence-electron chi connectivity index (χ3n) is 7.75. The van der Waals surface area contributed by atoms with Gasteiger partial charge in [-0.25, -0.2) is 0 Å². The van der Waals surface area contributed by atoms with Crippen LogP contribution in [0.15, 0.2) is 0 Å². The van der Waals surface area contributed by atoms with Gasteiger partial charge in [-0.15, -0.1) is 0 Å². The fraction of sp³-hybridized carbons (Fsp3) is 1.00. The molecule has 0 spiro atoms. The van der Waals surface area contributed by atoms with Crippen LogP contribution in [0, 0.1) is 0 Å². The van der Waals surface area contributed by atoms with Crippen molar-refractivity contribution in [1.82, 2.24) is 0 Å². The number of hydrogen-bond donors (Lipinski definition) is 0. The van der Waals surface area contributed by atoms with E-state index in [2.05, 4.69) is 0 Å². The van der Waals surface area contributed by atoms with Gasteiger partial charge >= 0.3 is 0 Å². The van der Waals surface area contributed by atoms with Gasteiger partial charge in [0.25, 0.3) is 0 Å². The molecule has 0 bridgehead atoms. The van der Waals surface area contributed by atoms with Crippen LogP contribution >= 0.6 is 0 Å². The van der Waals surface area contributed by atoms with Gasteiger partial charge < -0.3 is 0 Å². The monoisotopic (exact) mass is 429 g/mol. The van der Waals surface area contributed by atoms with Gasteiger partial charge in [0, 0.05) is 0 Å². The van der Waals surface area contributed by atoms with E-state index < -0.39 is 0 Å². The van der Waals surface area contributed by atoms with Crippen LogP contribution < -0.4 is 0 Å². The second-order valence-electron chi connectivity index (χ2n) is 9.96. The van der Waals surface area contributed by atoms with Crippen molar-refractivity contribution in [2.45, 2.75) is 147 Å². The van der Waals surface area contributed by atoms with Crippen molar-refractivity contribution in [3.8, 4) is 0 Å².